The van der Waals surface area contributed by atoms with E-state index in [1.807, 2.05) is 60.1 Å². The number of imidazole rings is 1. The number of rotatable bonds is 4. The van der Waals surface area contributed by atoms with Gasteiger partial charge >= 0.3 is 0 Å². The van der Waals surface area contributed by atoms with Gasteiger partial charge in [0.2, 0.25) is 0 Å². The highest BCUT2D eigenvalue weighted by molar-refractivity contribution is 6.31. The van der Waals surface area contributed by atoms with Gasteiger partial charge in [-0.3, -0.25) is 0 Å². The lowest BCUT2D eigenvalue weighted by atomic mass is 10.2. The number of anilines is 1. The maximum absolute atomic E-state index is 6.23. The Morgan fingerprint density at radius 3 is 2.67 bits per heavy atom. The molecule has 3 aromatic rings. The van der Waals surface area contributed by atoms with Crippen molar-refractivity contribution in [1.82, 2.24) is 9.38 Å². The summed E-state index contributed by atoms with van der Waals surface area (Å²) in [4.78, 5) is 6.75. The van der Waals surface area contributed by atoms with Gasteiger partial charge < -0.3 is 9.30 Å². The second-order valence-electron chi connectivity index (χ2n) is 4.89. The summed E-state index contributed by atoms with van der Waals surface area (Å²) < 4.78 is 2.02. The van der Waals surface area contributed by atoms with Crippen LogP contribution in [0.4, 0.5) is 5.82 Å². The minimum atomic E-state index is 0.410. The Kier molecular flexibility index (Phi) is 4.04. The lowest BCUT2D eigenvalue weighted by Gasteiger charge is -2.18. The van der Waals surface area contributed by atoms with Crippen molar-refractivity contribution in [2.75, 3.05) is 11.9 Å². The predicted octanol–water partition coefficient (Wildman–Crippen LogP) is 4.36. The highest BCUT2D eigenvalue weighted by atomic mass is 35.5. The average Bonchev–Trinajstić information content (AvgIpc) is 2.88. The van der Waals surface area contributed by atoms with Crippen LogP contribution in [0.25, 0.3) is 5.65 Å². The van der Waals surface area contributed by atoms with Crippen LogP contribution in [0.3, 0.4) is 0 Å². The summed E-state index contributed by atoms with van der Waals surface area (Å²) in [5.41, 5.74) is 2.95. The smallest absolute Gasteiger partial charge is 0.152 e. The molecule has 0 aliphatic carbocycles. The summed E-state index contributed by atoms with van der Waals surface area (Å²) in [5, 5.41) is 0.764. The minimum Gasteiger partial charge on any atom is -0.354 e. The van der Waals surface area contributed by atoms with Crippen molar-refractivity contribution < 1.29 is 0 Å². The lowest BCUT2D eigenvalue weighted by molar-refractivity contribution is 0.894. The number of benzene rings is 1. The van der Waals surface area contributed by atoms with Crippen molar-refractivity contribution in [2.24, 2.45) is 0 Å². The van der Waals surface area contributed by atoms with Crippen LogP contribution in [0.2, 0.25) is 5.02 Å². The molecule has 108 valence electrons. The van der Waals surface area contributed by atoms with Crippen LogP contribution < -0.4 is 4.90 Å². The third-order valence-electron chi connectivity index (χ3n) is 3.46. The second-order valence-corrected chi connectivity index (χ2v) is 5.57. The summed E-state index contributed by atoms with van der Waals surface area (Å²) in [7, 11) is 2.00. The van der Waals surface area contributed by atoms with Gasteiger partial charge in [0.15, 0.2) is 5.82 Å². The number of fused-ring (bicyclic) bond motifs is 1. The molecule has 0 bridgehead atoms. The molecule has 0 saturated carbocycles. The number of pyridine rings is 1. The SMILES string of the molecule is CN(Cc1ccccc1Cl)c1nc2ccccn2c1CCl. The molecule has 0 aliphatic heterocycles. The van der Waals surface area contributed by atoms with Gasteiger partial charge in [-0.15, -0.1) is 11.6 Å². The molecule has 0 N–H and O–H groups in total. The number of hydrogen-bond donors (Lipinski definition) is 0. The van der Waals surface area contributed by atoms with Crippen molar-refractivity contribution in [3.8, 4) is 0 Å². The summed E-state index contributed by atoms with van der Waals surface area (Å²) in [5.74, 6) is 1.30. The van der Waals surface area contributed by atoms with Crippen LogP contribution in [0.5, 0.6) is 0 Å². The molecule has 0 fully saturated rings. The van der Waals surface area contributed by atoms with Gasteiger partial charge in [-0.05, 0) is 23.8 Å². The maximum Gasteiger partial charge on any atom is 0.152 e. The lowest BCUT2D eigenvalue weighted by Crippen LogP contribution is -2.18. The molecular formula is C16H15Cl2N3. The molecule has 1 aromatic carbocycles. The summed E-state index contributed by atoms with van der Waals surface area (Å²) in [6.45, 7) is 0.688. The number of aromatic nitrogens is 2. The van der Waals surface area contributed by atoms with E-state index >= 15 is 0 Å². The highest BCUT2D eigenvalue weighted by Crippen LogP contribution is 2.25. The molecule has 2 heterocycles. The van der Waals surface area contributed by atoms with E-state index in [0.29, 0.717) is 12.4 Å². The van der Waals surface area contributed by atoms with E-state index in [0.717, 1.165) is 27.7 Å². The first-order valence-electron chi connectivity index (χ1n) is 6.67. The fourth-order valence-electron chi connectivity index (χ4n) is 2.42. The van der Waals surface area contributed by atoms with E-state index in [4.69, 9.17) is 23.2 Å². The second kappa shape index (κ2) is 5.96. The van der Waals surface area contributed by atoms with Crippen molar-refractivity contribution >= 4 is 34.7 Å². The Bertz CT molecular complexity index is 767. The number of alkyl halides is 1. The van der Waals surface area contributed by atoms with Crippen molar-refractivity contribution in [1.29, 1.82) is 0 Å². The summed E-state index contributed by atoms with van der Waals surface area (Å²) >= 11 is 12.3. The Hall–Kier alpha value is -1.71. The van der Waals surface area contributed by atoms with Gasteiger partial charge in [0, 0.05) is 24.8 Å². The van der Waals surface area contributed by atoms with Crippen molar-refractivity contribution in [3.05, 3.63) is 64.9 Å². The number of hydrogen-bond acceptors (Lipinski definition) is 2. The predicted molar refractivity (Wildman–Crippen MR) is 88.3 cm³/mol. The first kappa shape index (κ1) is 14.2. The Labute approximate surface area is 133 Å². The van der Waals surface area contributed by atoms with Gasteiger partial charge in [0.1, 0.15) is 5.65 Å². The largest absolute Gasteiger partial charge is 0.354 e. The van der Waals surface area contributed by atoms with E-state index in [1.165, 1.54) is 0 Å². The van der Waals surface area contributed by atoms with E-state index in [-0.39, 0.29) is 0 Å². The quantitative estimate of drug-likeness (QED) is 0.666. The molecule has 21 heavy (non-hydrogen) atoms. The first-order valence-corrected chi connectivity index (χ1v) is 7.58. The first-order chi connectivity index (χ1) is 10.2. The van der Waals surface area contributed by atoms with E-state index in [1.54, 1.807) is 0 Å². The average molecular weight is 320 g/mol. The molecule has 0 saturated heterocycles. The van der Waals surface area contributed by atoms with Crippen molar-refractivity contribution in [2.45, 2.75) is 12.4 Å². The molecule has 0 amide bonds. The fourth-order valence-corrected chi connectivity index (χ4v) is 2.86. The Morgan fingerprint density at radius 2 is 1.90 bits per heavy atom. The zero-order valence-electron chi connectivity index (χ0n) is 11.6. The third kappa shape index (κ3) is 2.71. The van der Waals surface area contributed by atoms with Crippen LogP contribution in [0.15, 0.2) is 48.7 Å². The van der Waals surface area contributed by atoms with Gasteiger partial charge in [-0.1, -0.05) is 35.9 Å². The standard InChI is InChI=1S/C16H15Cl2N3/c1-20(11-12-6-2-3-7-13(12)18)16-14(10-17)21-9-5-4-8-15(21)19-16/h2-9H,10-11H2,1H3. The monoisotopic (exact) mass is 319 g/mol. The molecule has 2 aromatic heterocycles. The third-order valence-corrected chi connectivity index (χ3v) is 4.08. The fraction of sp³-hybridized carbons (Fsp3) is 0.188. The van der Waals surface area contributed by atoms with Gasteiger partial charge in [-0.2, -0.15) is 0 Å². The van der Waals surface area contributed by atoms with Crippen molar-refractivity contribution in [3.63, 3.8) is 0 Å². The normalized spacial score (nSPS) is 11.0. The number of nitrogens with zero attached hydrogens (tertiary/aromatic N) is 3. The molecule has 0 radical (unpaired) electrons. The van der Waals surface area contributed by atoms with E-state index in [9.17, 15) is 0 Å². The summed E-state index contributed by atoms with van der Waals surface area (Å²) in [6.07, 6.45) is 1.98. The van der Waals surface area contributed by atoms with Crippen LogP contribution >= 0.6 is 23.2 Å². The molecule has 5 heteroatoms. The molecule has 0 unspecified atom stereocenters. The molecule has 3 rings (SSSR count). The highest BCUT2D eigenvalue weighted by Gasteiger charge is 2.15. The van der Waals surface area contributed by atoms with Gasteiger partial charge in [-0.25, -0.2) is 4.98 Å². The topological polar surface area (TPSA) is 20.5 Å². The maximum atomic E-state index is 6.23. The Morgan fingerprint density at radius 1 is 1.14 bits per heavy atom. The molecule has 0 aliphatic rings. The minimum absolute atomic E-state index is 0.410. The van der Waals surface area contributed by atoms with E-state index in [2.05, 4.69) is 9.88 Å². The van der Waals surface area contributed by atoms with E-state index < -0.39 is 0 Å². The van der Waals surface area contributed by atoms with Crippen LogP contribution in [-0.2, 0) is 12.4 Å². The molecular weight excluding hydrogens is 305 g/mol. The van der Waals surface area contributed by atoms with Gasteiger partial charge in [0.05, 0.1) is 11.6 Å². The van der Waals surface area contributed by atoms with Crippen LogP contribution in [0.1, 0.15) is 11.3 Å². The Balaban J connectivity index is 1.98. The van der Waals surface area contributed by atoms with Crippen LogP contribution in [-0.4, -0.2) is 16.4 Å². The van der Waals surface area contributed by atoms with Gasteiger partial charge in [0.25, 0.3) is 0 Å². The number of halogens is 2. The molecule has 3 nitrogen and oxygen atoms in total. The molecule has 0 atom stereocenters. The van der Waals surface area contributed by atoms with Crippen LogP contribution in [0, 0.1) is 0 Å². The zero-order valence-corrected chi connectivity index (χ0v) is 13.1. The summed E-state index contributed by atoms with van der Waals surface area (Å²) in [6, 6.07) is 13.8. The zero-order chi connectivity index (χ0) is 14.8. The molecule has 0 spiro atoms.